The van der Waals surface area contributed by atoms with E-state index in [-0.39, 0.29) is 30.7 Å². The summed E-state index contributed by atoms with van der Waals surface area (Å²) in [6.45, 7) is 13.1. The fourth-order valence-electron chi connectivity index (χ4n) is 3.12. The number of hydrogen-bond donors (Lipinski definition) is 2. The van der Waals surface area contributed by atoms with E-state index in [0.29, 0.717) is 18.3 Å². The van der Waals surface area contributed by atoms with Gasteiger partial charge < -0.3 is 15.5 Å². The van der Waals surface area contributed by atoms with Crippen molar-refractivity contribution in [2.45, 2.75) is 52.9 Å². The van der Waals surface area contributed by atoms with Crippen LogP contribution < -0.4 is 10.6 Å². The van der Waals surface area contributed by atoms with E-state index in [4.69, 9.17) is 0 Å². The molecule has 0 spiro atoms. The molecule has 2 atom stereocenters. The Hall–Kier alpha value is -0.0300. The number of unbranched alkanes of at least 4 members (excludes halogenated alkanes) is 1. The normalized spacial score (nSPS) is 18.7. The van der Waals surface area contributed by atoms with Gasteiger partial charge in [0.2, 0.25) is 5.91 Å². The van der Waals surface area contributed by atoms with Gasteiger partial charge in [-0.1, -0.05) is 20.8 Å². The van der Waals surface area contributed by atoms with Crippen molar-refractivity contribution in [2.24, 2.45) is 11.8 Å². The van der Waals surface area contributed by atoms with Crippen LogP contribution in [0.25, 0.3) is 0 Å². The van der Waals surface area contributed by atoms with Crippen molar-refractivity contribution in [3.05, 3.63) is 0 Å². The average Bonchev–Trinajstić information content (AvgIpc) is 2.51. The zero-order valence-electron chi connectivity index (χ0n) is 15.1. The maximum Gasteiger partial charge on any atom is 0.220 e. The molecule has 6 heteroatoms. The number of rotatable bonds is 10. The van der Waals surface area contributed by atoms with Gasteiger partial charge in [0.1, 0.15) is 0 Å². The Kier molecular flexibility index (Phi) is 17.0. The smallest absolute Gasteiger partial charge is 0.220 e. The molecule has 140 valence electrons. The molecule has 0 bridgehead atoms. The Morgan fingerprint density at radius 1 is 1.26 bits per heavy atom. The summed E-state index contributed by atoms with van der Waals surface area (Å²) in [5.41, 5.74) is 0. The summed E-state index contributed by atoms with van der Waals surface area (Å²) >= 11 is 0. The lowest BCUT2D eigenvalue weighted by atomic mass is 9.85. The Morgan fingerprint density at radius 3 is 2.52 bits per heavy atom. The van der Waals surface area contributed by atoms with Crippen LogP contribution in [0.4, 0.5) is 0 Å². The monoisotopic (exact) mass is 369 g/mol. The van der Waals surface area contributed by atoms with Crippen LogP contribution in [0.3, 0.4) is 0 Å². The Morgan fingerprint density at radius 2 is 1.96 bits per heavy atom. The molecule has 23 heavy (non-hydrogen) atoms. The van der Waals surface area contributed by atoms with Crippen LogP contribution in [-0.2, 0) is 4.79 Å². The van der Waals surface area contributed by atoms with Crippen molar-refractivity contribution in [3.8, 4) is 0 Å². The lowest BCUT2D eigenvalue weighted by molar-refractivity contribution is -0.122. The van der Waals surface area contributed by atoms with E-state index in [2.05, 4.69) is 36.3 Å². The lowest BCUT2D eigenvalue weighted by Crippen LogP contribution is -2.35. The van der Waals surface area contributed by atoms with Crippen molar-refractivity contribution < 1.29 is 4.79 Å². The van der Waals surface area contributed by atoms with Crippen LogP contribution in [-0.4, -0.2) is 50.1 Å². The highest BCUT2D eigenvalue weighted by Crippen LogP contribution is 2.22. The molecule has 1 fully saturated rings. The molecule has 2 N–H and O–H groups in total. The highest BCUT2D eigenvalue weighted by molar-refractivity contribution is 5.85. The minimum absolute atomic E-state index is 0. The molecule has 1 saturated heterocycles. The molecule has 2 unspecified atom stereocenters. The maximum absolute atomic E-state index is 12.0. The van der Waals surface area contributed by atoms with Crippen molar-refractivity contribution >= 4 is 30.7 Å². The van der Waals surface area contributed by atoms with Gasteiger partial charge in [-0.15, -0.1) is 24.8 Å². The van der Waals surface area contributed by atoms with Crippen molar-refractivity contribution in [1.82, 2.24) is 15.5 Å². The van der Waals surface area contributed by atoms with Crippen LogP contribution in [0.1, 0.15) is 52.9 Å². The molecule has 4 nitrogen and oxygen atoms in total. The first-order valence-electron chi connectivity index (χ1n) is 8.87. The van der Waals surface area contributed by atoms with E-state index in [0.717, 1.165) is 45.7 Å². The van der Waals surface area contributed by atoms with Crippen molar-refractivity contribution in [1.29, 1.82) is 0 Å². The summed E-state index contributed by atoms with van der Waals surface area (Å²) in [6.07, 6.45) is 5.46. The van der Waals surface area contributed by atoms with E-state index >= 15 is 0 Å². The number of carbonyl (C=O) groups is 1. The van der Waals surface area contributed by atoms with Crippen LogP contribution in [0, 0.1) is 11.8 Å². The standard InChI is InChI=1S/C17H35N3O.2ClH/c1-4-20(5-2)12-7-6-11-19-17(21)13-15(3)16-9-8-10-18-14-16;;/h15-16,18H,4-14H2,1-3H3,(H,19,21);2*1H. The average molecular weight is 370 g/mol. The highest BCUT2D eigenvalue weighted by Gasteiger charge is 2.21. The van der Waals surface area contributed by atoms with Crippen LogP contribution in [0.5, 0.6) is 0 Å². The third-order valence-corrected chi connectivity index (χ3v) is 4.76. The number of amides is 1. The molecule has 0 aliphatic carbocycles. The van der Waals surface area contributed by atoms with Gasteiger partial charge in [0.25, 0.3) is 0 Å². The molecule has 1 heterocycles. The Bertz CT molecular complexity index is 283. The van der Waals surface area contributed by atoms with Gasteiger partial charge in [-0.3, -0.25) is 4.79 Å². The molecule has 0 aromatic heterocycles. The van der Waals surface area contributed by atoms with Gasteiger partial charge >= 0.3 is 0 Å². The third-order valence-electron chi connectivity index (χ3n) is 4.76. The van der Waals surface area contributed by atoms with E-state index in [9.17, 15) is 4.79 Å². The Balaban J connectivity index is 0. The molecule has 1 aliphatic heterocycles. The van der Waals surface area contributed by atoms with Gasteiger partial charge in [0, 0.05) is 13.0 Å². The van der Waals surface area contributed by atoms with Gasteiger partial charge in [-0.2, -0.15) is 0 Å². The third kappa shape index (κ3) is 11.2. The Labute approximate surface area is 155 Å². The fraction of sp³-hybridized carbons (Fsp3) is 0.941. The van der Waals surface area contributed by atoms with Crippen molar-refractivity contribution in [3.63, 3.8) is 0 Å². The minimum Gasteiger partial charge on any atom is -0.356 e. The summed E-state index contributed by atoms with van der Waals surface area (Å²) in [5, 5.41) is 6.52. The number of nitrogens with one attached hydrogen (secondary N) is 2. The van der Waals surface area contributed by atoms with E-state index in [1.165, 1.54) is 19.3 Å². The summed E-state index contributed by atoms with van der Waals surface area (Å²) < 4.78 is 0. The van der Waals surface area contributed by atoms with Gasteiger partial charge in [0.15, 0.2) is 0 Å². The number of halogens is 2. The molecular formula is C17H37Cl2N3O. The highest BCUT2D eigenvalue weighted by atomic mass is 35.5. The second-order valence-corrected chi connectivity index (χ2v) is 6.37. The second kappa shape index (κ2) is 15.5. The summed E-state index contributed by atoms with van der Waals surface area (Å²) in [7, 11) is 0. The largest absolute Gasteiger partial charge is 0.356 e. The SMILES string of the molecule is CCN(CC)CCCCNC(=O)CC(C)C1CCCNC1.Cl.Cl. The first kappa shape index (κ1) is 25.2. The first-order valence-corrected chi connectivity index (χ1v) is 8.87. The second-order valence-electron chi connectivity index (χ2n) is 6.37. The van der Waals surface area contributed by atoms with Crippen LogP contribution >= 0.6 is 24.8 Å². The van der Waals surface area contributed by atoms with Gasteiger partial charge in [0.05, 0.1) is 0 Å². The molecule has 0 saturated carbocycles. The summed E-state index contributed by atoms with van der Waals surface area (Å²) in [6, 6.07) is 0. The predicted octanol–water partition coefficient (Wildman–Crippen LogP) is 3.09. The first-order chi connectivity index (χ1) is 10.2. The van der Waals surface area contributed by atoms with Gasteiger partial charge in [-0.25, -0.2) is 0 Å². The van der Waals surface area contributed by atoms with Crippen LogP contribution in [0.15, 0.2) is 0 Å². The zero-order valence-corrected chi connectivity index (χ0v) is 16.7. The molecular weight excluding hydrogens is 333 g/mol. The lowest BCUT2D eigenvalue weighted by Gasteiger charge is -2.28. The molecule has 0 radical (unpaired) electrons. The number of nitrogens with zero attached hydrogens (tertiary/aromatic N) is 1. The van der Waals surface area contributed by atoms with Gasteiger partial charge in [-0.05, 0) is 70.2 Å². The maximum atomic E-state index is 12.0. The molecule has 1 amide bonds. The molecule has 0 aromatic rings. The topological polar surface area (TPSA) is 44.4 Å². The van der Waals surface area contributed by atoms with Crippen LogP contribution in [0.2, 0.25) is 0 Å². The van der Waals surface area contributed by atoms with E-state index in [1.807, 2.05) is 0 Å². The summed E-state index contributed by atoms with van der Waals surface area (Å²) in [4.78, 5) is 14.4. The molecule has 1 aliphatic rings. The number of carbonyl (C=O) groups excluding carboxylic acids is 1. The predicted molar refractivity (Wildman–Crippen MR) is 104 cm³/mol. The zero-order chi connectivity index (χ0) is 15.5. The van der Waals surface area contributed by atoms with E-state index < -0.39 is 0 Å². The van der Waals surface area contributed by atoms with E-state index in [1.54, 1.807) is 0 Å². The fourth-order valence-corrected chi connectivity index (χ4v) is 3.12. The minimum atomic E-state index is 0. The van der Waals surface area contributed by atoms with Crippen molar-refractivity contribution in [2.75, 3.05) is 39.3 Å². The number of hydrogen-bond acceptors (Lipinski definition) is 3. The number of piperidine rings is 1. The quantitative estimate of drug-likeness (QED) is 0.581. The molecule has 1 rings (SSSR count). The molecule has 0 aromatic carbocycles. The summed E-state index contributed by atoms with van der Waals surface area (Å²) in [5.74, 6) is 1.40.